The molecule has 0 aliphatic carbocycles. The summed E-state index contributed by atoms with van der Waals surface area (Å²) < 4.78 is 5.14. The van der Waals surface area contributed by atoms with Crippen LogP contribution in [0.1, 0.15) is 43.2 Å². The van der Waals surface area contributed by atoms with Crippen LogP contribution in [0.2, 0.25) is 0 Å². The number of carbonyl (C=O) groups is 1. The van der Waals surface area contributed by atoms with E-state index in [1.165, 1.54) is 0 Å². The van der Waals surface area contributed by atoms with Gasteiger partial charge in [0.05, 0.1) is 12.6 Å². The minimum Gasteiger partial charge on any atom is -0.384 e. The molecule has 0 radical (unpaired) electrons. The number of nitrogens with one attached hydrogen (secondary N) is 1. The van der Waals surface area contributed by atoms with Gasteiger partial charge in [-0.15, -0.1) is 0 Å². The Kier molecular flexibility index (Phi) is 6.45. The molecule has 5 nitrogen and oxygen atoms in total. The van der Waals surface area contributed by atoms with Gasteiger partial charge in [-0.25, -0.2) is 4.98 Å². The van der Waals surface area contributed by atoms with Gasteiger partial charge in [0, 0.05) is 18.4 Å². The van der Waals surface area contributed by atoms with Gasteiger partial charge in [-0.3, -0.25) is 4.79 Å². The first kappa shape index (κ1) is 16.4. The fourth-order valence-corrected chi connectivity index (χ4v) is 1.96. The van der Waals surface area contributed by atoms with Gasteiger partial charge < -0.3 is 15.8 Å². The third kappa shape index (κ3) is 4.81. The highest BCUT2D eigenvalue weighted by Gasteiger charge is 2.17. The largest absolute Gasteiger partial charge is 0.384 e. The zero-order valence-corrected chi connectivity index (χ0v) is 12.8. The summed E-state index contributed by atoms with van der Waals surface area (Å²) >= 11 is 0. The summed E-state index contributed by atoms with van der Waals surface area (Å²) in [7, 11) is 1.63. The average molecular weight is 279 g/mol. The van der Waals surface area contributed by atoms with Crippen molar-refractivity contribution in [3.05, 3.63) is 23.4 Å². The first-order valence-corrected chi connectivity index (χ1v) is 7.04. The van der Waals surface area contributed by atoms with E-state index in [9.17, 15) is 4.79 Å². The van der Waals surface area contributed by atoms with Crippen molar-refractivity contribution in [3.63, 3.8) is 0 Å². The predicted octanol–water partition coefficient (Wildman–Crippen LogP) is 2.02. The Bertz CT molecular complexity index is 447. The molecule has 0 saturated heterocycles. The van der Waals surface area contributed by atoms with E-state index in [4.69, 9.17) is 10.5 Å². The van der Waals surface area contributed by atoms with Crippen LogP contribution in [0.3, 0.4) is 0 Å². The van der Waals surface area contributed by atoms with Crippen LogP contribution in [0, 0.1) is 5.92 Å². The van der Waals surface area contributed by atoms with Crippen molar-refractivity contribution in [1.29, 1.82) is 0 Å². The van der Waals surface area contributed by atoms with Crippen LogP contribution in [0.15, 0.2) is 12.1 Å². The lowest BCUT2D eigenvalue weighted by molar-refractivity contribution is 0.0866. The summed E-state index contributed by atoms with van der Waals surface area (Å²) in [5, 5.41) is 2.98. The SMILES string of the molecule is CCCc1cc(C(=O)NC(COC)C(C)C)cc(N)n1. The zero-order chi connectivity index (χ0) is 15.1. The number of aromatic nitrogens is 1. The zero-order valence-electron chi connectivity index (χ0n) is 12.8. The smallest absolute Gasteiger partial charge is 0.251 e. The highest BCUT2D eigenvalue weighted by atomic mass is 16.5. The monoisotopic (exact) mass is 279 g/mol. The number of hydrogen-bond donors (Lipinski definition) is 2. The third-order valence-electron chi connectivity index (χ3n) is 3.13. The van der Waals surface area contributed by atoms with Crippen LogP contribution in [0.25, 0.3) is 0 Å². The van der Waals surface area contributed by atoms with E-state index >= 15 is 0 Å². The summed E-state index contributed by atoms with van der Waals surface area (Å²) in [6.07, 6.45) is 1.78. The molecule has 0 spiro atoms. The number of carbonyl (C=O) groups excluding carboxylic acids is 1. The fraction of sp³-hybridized carbons (Fsp3) is 0.600. The van der Waals surface area contributed by atoms with Gasteiger partial charge >= 0.3 is 0 Å². The van der Waals surface area contributed by atoms with E-state index in [0.717, 1.165) is 18.5 Å². The van der Waals surface area contributed by atoms with E-state index < -0.39 is 0 Å². The standard InChI is InChI=1S/C15H25N3O2/c1-5-6-12-7-11(8-14(16)17-12)15(19)18-13(9-20-4)10(2)3/h7-8,10,13H,5-6,9H2,1-4H3,(H2,16,17)(H,18,19). The van der Waals surface area contributed by atoms with Gasteiger partial charge in [-0.2, -0.15) is 0 Å². The lowest BCUT2D eigenvalue weighted by Crippen LogP contribution is -2.41. The van der Waals surface area contributed by atoms with Crippen LogP contribution in [-0.4, -0.2) is 30.6 Å². The summed E-state index contributed by atoms with van der Waals surface area (Å²) in [5.74, 6) is 0.550. The highest BCUT2D eigenvalue weighted by Crippen LogP contribution is 2.11. The molecule has 0 aromatic carbocycles. The van der Waals surface area contributed by atoms with Crippen molar-refractivity contribution >= 4 is 11.7 Å². The minimum atomic E-state index is -0.132. The van der Waals surface area contributed by atoms with Gasteiger partial charge in [0.25, 0.3) is 5.91 Å². The Morgan fingerprint density at radius 3 is 2.70 bits per heavy atom. The van der Waals surface area contributed by atoms with Crippen molar-refractivity contribution < 1.29 is 9.53 Å². The number of ether oxygens (including phenoxy) is 1. The minimum absolute atomic E-state index is 0.0171. The number of nitrogens with zero attached hydrogens (tertiary/aromatic N) is 1. The molecule has 1 aromatic heterocycles. The molecule has 1 heterocycles. The number of aryl methyl sites for hydroxylation is 1. The summed E-state index contributed by atoms with van der Waals surface area (Å²) in [6, 6.07) is 3.40. The Morgan fingerprint density at radius 2 is 2.15 bits per heavy atom. The van der Waals surface area contributed by atoms with Crippen molar-refractivity contribution in [2.24, 2.45) is 5.92 Å². The number of nitrogen functional groups attached to an aromatic ring is 1. The first-order valence-electron chi connectivity index (χ1n) is 7.04. The third-order valence-corrected chi connectivity index (χ3v) is 3.13. The maximum absolute atomic E-state index is 12.3. The molecular formula is C15H25N3O2. The number of hydrogen-bond acceptors (Lipinski definition) is 4. The molecule has 1 atom stereocenters. The molecule has 1 amide bonds. The van der Waals surface area contributed by atoms with Gasteiger partial charge in [-0.1, -0.05) is 27.2 Å². The topological polar surface area (TPSA) is 77.2 Å². The fourth-order valence-electron chi connectivity index (χ4n) is 1.96. The van der Waals surface area contributed by atoms with Crippen LogP contribution >= 0.6 is 0 Å². The van der Waals surface area contributed by atoms with E-state index in [2.05, 4.69) is 17.2 Å². The van der Waals surface area contributed by atoms with Crippen molar-refractivity contribution in [2.45, 2.75) is 39.7 Å². The first-order chi connectivity index (χ1) is 9.47. The molecule has 20 heavy (non-hydrogen) atoms. The summed E-state index contributed by atoms with van der Waals surface area (Å²) in [4.78, 5) is 16.5. The lowest BCUT2D eigenvalue weighted by Gasteiger charge is -2.21. The molecule has 1 rings (SSSR count). The number of rotatable bonds is 7. The molecule has 5 heteroatoms. The summed E-state index contributed by atoms with van der Waals surface area (Å²) in [5.41, 5.74) is 7.17. The van der Waals surface area contributed by atoms with Gasteiger partial charge in [0.2, 0.25) is 0 Å². The number of methoxy groups -OCH3 is 1. The normalized spacial score (nSPS) is 12.4. The maximum atomic E-state index is 12.3. The maximum Gasteiger partial charge on any atom is 0.251 e. The van der Waals surface area contributed by atoms with Gasteiger partial charge in [0.1, 0.15) is 5.82 Å². The Balaban J connectivity index is 2.85. The Hall–Kier alpha value is -1.62. The molecule has 1 unspecified atom stereocenters. The molecule has 3 N–H and O–H groups in total. The van der Waals surface area contributed by atoms with Gasteiger partial charge in [0.15, 0.2) is 0 Å². The van der Waals surface area contributed by atoms with Gasteiger partial charge in [-0.05, 0) is 24.5 Å². The second-order valence-corrected chi connectivity index (χ2v) is 5.30. The molecule has 0 aliphatic heterocycles. The van der Waals surface area contributed by atoms with Crippen molar-refractivity contribution in [1.82, 2.24) is 10.3 Å². The highest BCUT2D eigenvalue weighted by molar-refractivity contribution is 5.95. The Labute approximate surface area is 120 Å². The van der Waals surface area contributed by atoms with Crippen molar-refractivity contribution in [2.75, 3.05) is 19.5 Å². The van der Waals surface area contributed by atoms with Crippen LogP contribution in [0.5, 0.6) is 0 Å². The second-order valence-electron chi connectivity index (χ2n) is 5.30. The van der Waals surface area contributed by atoms with E-state index in [1.807, 2.05) is 13.8 Å². The predicted molar refractivity (Wildman–Crippen MR) is 80.6 cm³/mol. The molecule has 0 fully saturated rings. The molecular weight excluding hydrogens is 254 g/mol. The van der Waals surface area contributed by atoms with Crippen molar-refractivity contribution in [3.8, 4) is 0 Å². The van der Waals surface area contributed by atoms with E-state index in [-0.39, 0.29) is 11.9 Å². The number of anilines is 1. The Morgan fingerprint density at radius 1 is 1.45 bits per heavy atom. The number of nitrogens with two attached hydrogens (primary N) is 1. The molecule has 0 bridgehead atoms. The molecule has 112 valence electrons. The quantitative estimate of drug-likeness (QED) is 0.800. The lowest BCUT2D eigenvalue weighted by atomic mass is 10.0. The summed E-state index contributed by atoms with van der Waals surface area (Å²) in [6.45, 7) is 6.66. The molecule has 0 saturated carbocycles. The average Bonchev–Trinajstić information content (AvgIpc) is 2.37. The van der Waals surface area contributed by atoms with E-state index in [1.54, 1.807) is 19.2 Å². The van der Waals surface area contributed by atoms with E-state index in [0.29, 0.717) is 23.9 Å². The van der Waals surface area contributed by atoms with Crippen LogP contribution in [-0.2, 0) is 11.2 Å². The number of amides is 1. The number of pyridine rings is 1. The second kappa shape index (κ2) is 7.85. The van der Waals surface area contributed by atoms with Crippen LogP contribution < -0.4 is 11.1 Å². The van der Waals surface area contributed by atoms with Crippen LogP contribution in [0.4, 0.5) is 5.82 Å². The molecule has 0 aliphatic rings. The molecule has 1 aromatic rings.